The number of aromatic nitrogens is 2. The number of fused-ring (bicyclic) bond motifs is 1. The van der Waals surface area contributed by atoms with Crippen LogP contribution in [0.5, 0.6) is 0 Å². The molecule has 1 amide bonds. The molecule has 0 aliphatic carbocycles. The Morgan fingerprint density at radius 2 is 1.81 bits per heavy atom. The van der Waals surface area contributed by atoms with Crippen LogP contribution in [0, 0.1) is 6.92 Å². The molecule has 0 saturated heterocycles. The van der Waals surface area contributed by atoms with Crippen molar-refractivity contribution in [1.29, 1.82) is 0 Å². The lowest BCUT2D eigenvalue weighted by Gasteiger charge is -2.14. The number of imidazole rings is 1. The molecule has 1 aliphatic heterocycles. The number of rotatable bonds is 5. The van der Waals surface area contributed by atoms with E-state index in [1.165, 1.54) is 20.2 Å². The lowest BCUT2D eigenvalue weighted by atomic mass is 10.1. The first-order valence-electron chi connectivity index (χ1n) is 10.8. The second-order valence-corrected chi connectivity index (χ2v) is 10.4. The number of carbonyl (C=O) groups is 1. The van der Waals surface area contributed by atoms with Crippen molar-refractivity contribution in [3.05, 3.63) is 65.5 Å². The van der Waals surface area contributed by atoms with Gasteiger partial charge in [0, 0.05) is 31.9 Å². The molecule has 0 bridgehead atoms. The topological polar surface area (TPSA) is 84.3 Å². The maximum absolute atomic E-state index is 13.3. The number of carbonyl (C=O) groups excluding carboxylic acids is 1. The van der Waals surface area contributed by atoms with Crippen LogP contribution in [0.3, 0.4) is 0 Å². The van der Waals surface area contributed by atoms with E-state index >= 15 is 0 Å². The normalized spacial score (nSPS) is 14.1. The van der Waals surface area contributed by atoms with Gasteiger partial charge in [0.2, 0.25) is 10.0 Å². The van der Waals surface area contributed by atoms with E-state index in [1.807, 2.05) is 37.3 Å². The second-order valence-electron chi connectivity index (χ2n) is 8.28. The zero-order valence-electron chi connectivity index (χ0n) is 18.6. The summed E-state index contributed by atoms with van der Waals surface area (Å²) in [5.74, 6) is 0.480. The van der Waals surface area contributed by atoms with Crippen molar-refractivity contribution in [2.24, 2.45) is 0 Å². The summed E-state index contributed by atoms with van der Waals surface area (Å²) in [6, 6.07) is 14.7. The molecule has 2 heterocycles. The van der Waals surface area contributed by atoms with Gasteiger partial charge in [0.05, 0.1) is 10.6 Å². The lowest BCUT2D eigenvalue weighted by Crippen LogP contribution is -2.22. The van der Waals surface area contributed by atoms with Gasteiger partial charge in [-0.15, -0.1) is 0 Å². The van der Waals surface area contributed by atoms with Crippen molar-refractivity contribution in [3.63, 3.8) is 0 Å². The van der Waals surface area contributed by atoms with Crippen LogP contribution in [0.1, 0.15) is 41.0 Å². The average molecular weight is 453 g/mol. The van der Waals surface area contributed by atoms with E-state index in [0.717, 1.165) is 59.2 Å². The predicted octanol–water partition coefficient (Wildman–Crippen LogP) is 4.09. The zero-order valence-corrected chi connectivity index (χ0v) is 19.4. The van der Waals surface area contributed by atoms with E-state index in [9.17, 15) is 13.2 Å². The summed E-state index contributed by atoms with van der Waals surface area (Å²) >= 11 is 0. The van der Waals surface area contributed by atoms with Crippen LogP contribution < -0.4 is 5.32 Å². The Bertz CT molecular complexity index is 1250. The summed E-state index contributed by atoms with van der Waals surface area (Å²) in [4.78, 5) is 18.2. The van der Waals surface area contributed by atoms with E-state index in [1.54, 1.807) is 12.1 Å². The summed E-state index contributed by atoms with van der Waals surface area (Å²) in [6.45, 7) is 2.67. The Morgan fingerprint density at radius 3 is 2.53 bits per heavy atom. The molecular weight excluding hydrogens is 424 g/mol. The Morgan fingerprint density at radius 1 is 1.06 bits per heavy atom. The largest absolute Gasteiger partial charge is 0.327 e. The van der Waals surface area contributed by atoms with Gasteiger partial charge in [-0.25, -0.2) is 17.7 Å². The molecular formula is C24H28N4O3S. The highest BCUT2D eigenvalue weighted by Crippen LogP contribution is 2.28. The van der Waals surface area contributed by atoms with Gasteiger partial charge in [-0.05, 0) is 43.9 Å². The van der Waals surface area contributed by atoms with Gasteiger partial charge in [-0.3, -0.25) is 4.79 Å². The van der Waals surface area contributed by atoms with Crippen LogP contribution in [0.4, 0.5) is 5.69 Å². The summed E-state index contributed by atoms with van der Waals surface area (Å²) in [7, 11) is -0.635. The second kappa shape index (κ2) is 8.88. The first-order valence-corrected chi connectivity index (χ1v) is 12.2. The molecule has 0 unspecified atom stereocenters. The molecule has 32 heavy (non-hydrogen) atoms. The molecule has 2 aromatic carbocycles. The number of hydrogen-bond donors (Lipinski definition) is 1. The molecule has 0 fully saturated rings. The minimum atomic E-state index is -3.61. The van der Waals surface area contributed by atoms with Gasteiger partial charge in [0.1, 0.15) is 11.5 Å². The molecule has 168 valence electrons. The highest BCUT2D eigenvalue weighted by molar-refractivity contribution is 7.89. The molecule has 0 radical (unpaired) electrons. The highest BCUT2D eigenvalue weighted by atomic mass is 32.2. The van der Waals surface area contributed by atoms with E-state index in [4.69, 9.17) is 4.98 Å². The molecule has 4 rings (SSSR count). The van der Waals surface area contributed by atoms with Crippen molar-refractivity contribution < 1.29 is 13.2 Å². The van der Waals surface area contributed by atoms with E-state index < -0.39 is 10.0 Å². The van der Waals surface area contributed by atoms with Gasteiger partial charge < -0.3 is 9.88 Å². The number of anilines is 1. The SMILES string of the molecule is Cc1ccc(S(=O)(=O)N(C)C)cc1NC(=O)c1nc(-c2ccccc2)n2c1CCCCC2. The fourth-order valence-electron chi connectivity index (χ4n) is 4.00. The molecule has 7 nitrogen and oxygen atoms in total. The molecule has 1 aromatic heterocycles. The maximum Gasteiger partial charge on any atom is 0.276 e. The third-order valence-electron chi connectivity index (χ3n) is 5.85. The average Bonchev–Trinajstić information content (AvgIpc) is 2.96. The molecule has 1 aliphatic rings. The quantitative estimate of drug-likeness (QED) is 0.632. The number of benzene rings is 2. The number of hydrogen-bond acceptors (Lipinski definition) is 4. The minimum Gasteiger partial charge on any atom is -0.327 e. The monoisotopic (exact) mass is 452 g/mol. The number of nitrogens with one attached hydrogen (secondary N) is 1. The fourth-order valence-corrected chi connectivity index (χ4v) is 4.93. The Balaban J connectivity index is 1.73. The Kier molecular flexibility index (Phi) is 6.17. The van der Waals surface area contributed by atoms with Crippen LogP contribution in [0.2, 0.25) is 0 Å². The lowest BCUT2D eigenvalue weighted by molar-refractivity contribution is 0.102. The Labute approximate surface area is 189 Å². The third kappa shape index (κ3) is 4.20. The maximum atomic E-state index is 13.3. The molecule has 0 atom stereocenters. The van der Waals surface area contributed by atoms with Crippen LogP contribution >= 0.6 is 0 Å². The number of aryl methyl sites for hydroxylation is 1. The zero-order chi connectivity index (χ0) is 22.9. The van der Waals surface area contributed by atoms with Crippen molar-refractivity contribution in [2.45, 2.75) is 44.0 Å². The van der Waals surface area contributed by atoms with Crippen LogP contribution in [0.15, 0.2) is 53.4 Å². The van der Waals surface area contributed by atoms with Gasteiger partial charge in [0.25, 0.3) is 5.91 Å². The van der Waals surface area contributed by atoms with Gasteiger partial charge in [-0.1, -0.05) is 42.8 Å². The number of sulfonamides is 1. The summed E-state index contributed by atoms with van der Waals surface area (Å²) < 4.78 is 28.4. The van der Waals surface area contributed by atoms with Gasteiger partial charge in [-0.2, -0.15) is 0 Å². The molecule has 8 heteroatoms. The number of amides is 1. The van der Waals surface area contributed by atoms with E-state index in [2.05, 4.69) is 9.88 Å². The van der Waals surface area contributed by atoms with Crippen molar-refractivity contribution >= 4 is 21.6 Å². The highest BCUT2D eigenvalue weighted by Gasteiger charge is 2.25. The summed E-state index contributed by atoms with van der Waals surface area (Å²) in [6.07, 6.45) is 3.96. The van der Waals surface area contributed by atoms with Gasteiger partial charge >= 0.3 is 0 Å². The third-order valence-corrected chi connectivity index (χ3v) is 7.66. The van der Waals surface area contributed by atoms with Crippen LogP contribution in [-0.2, 0) is 23.0 Å². The van der Waals surface area contributed by atoms with E-state index in [0.29, 0.717) is 11.4 Å². The standard InChI is InChI=1S/C24H28N4O3S/c1-17-13-14-19(32(30,31)27(2)3)16-20(17)25-24(29)22-21-12-8-5-9-15-28(21)23(26-22)18-10-6-4-7-11-18/h4,6-7,10-11,13-14,16H,5,8-9,12,15H2,1-3H3,(H,25,29). The van der Waals surface area contributed by atoms with Crippen LogP contribution in [-0.4, -0.2) is 42.3 Å². The van der Waals surface area contributed by atoms with Crippen molar-refractivity contribution in [1.82, 2.24) is 13.9 Å². The minimum absolute atomic E-state index is 0.136. The smallest absolute Gasteiger partial charge is 0.276 e. The number of nitrogens with zero attached hydrogens (tertiary/aromatic N) is 3. The molecule has 0 saturated carbocycles. The van der Waals surface area contributed by atoms with Crippen molar-refractivity contribution in [3.8, 4) is 11.4 Å². The predicted molar refractivity (Wildman–Crippen MR) is 125 cm³/mol. The fraction of sp³-hybridized carbons (Fsp3) is 0.333. The van der Waals surface area contributed by atoms with Crippen LogP contribution in [0.25, 0.3) is 11.4 Å². The van der Waals surface area contributed by atoms with Crippen molar-refractivity contribution in [2.75, 3.05) is 19.4 Å². The summed E-state index contributed by atoms with van der Waals surface area (Å²) in [5.41, 5.74) is 3.57. The summed E-state index contributed by atoms with van der Waals surface area (Å²) in [5, 5.41) is 2.92. The molecule has 1 N–H and O–H groups in total. The first-order chi connectivity index (χ1) is 15.3. The first kappa shape index (κ1) is 22.2. The molecule has 0 spiro atoms. The van der Waals surface area contributed by atoms with Gasteiger partial charge in [0.15, 0.2) is 0 Å². The van der Waals surface area contributed by atoms with E-state index in [-0.39, 0.29) is 10.8 Å². The molecule has 3 aromatic rings. The Hall–Kier alpha value is -2.97.